The number of benzene rings is 3. The predicted molar refractivity (Wildman–Crippen MR) is 123 cm³/mol. The van der Waals surface area contributed by atoms with Crippen molar-refractivity contribution < 1.29 is 9.21 Å². The van der Waals surface area contributed by atoms with Crippen molar-refractivity contribution in [3.05, 3.63) is 90.5 Å². The highest BCUT2D eigenvalue weighted by atomic mass is 32.2. The van der Waals surface area contributed by atoms with Crippen molar-refractivity contribution in [2.75, 3.05) is 11.1 Å². The first kappa shape index (κ1) is 20.0. The average Bonchev–Trinajstić information content (AvgIpc) is 3.21. The van der Waals surface area contributed by atoms with Gasteiger partial charge in [0.25, 0.3) is 5.22 Å². The van der Waals surface area contributed by atoms with Gasteiger partial charge in [-0.05, 0) is 18.6 Å². The zero-order chi connectivity index (χ0) is 20.8. The van der Waals surface area contributed by atoms with E-state index in [1.165, 1.54) is 11.8 Å². The van der Waals surface area contributed by atoms with Gasteiger partial charge >= 0.3 is 0 Å². The molecule has 1 amide bonds. The van der Waals surface area contributed by atoms with Crippen LogP contribution in [0.5, 0.6) is 0 Å². The molecule has 0 aliphatic carbocycles. The highest BCUT2D eigenvalue weighted by molar-refractivity contribution is 7.99. The quantitative estimate of drug-likeness (QED) is 0.354. The molecule has 3 aromatic carbocycles. The lowest BCUT2D eigenvalue weighted by Crippen LogP contribution is -2.12. The van der Waals surface area contributed by atoms with Gasteiger partial charge in [-0.25, -0.2) is 4.98 Å². The number of nitrogens with one attached hydrogen (secondary N) is 1. The number of aryl methyl sites for hydroxylation is 1. The second kappa shape index (κ2) is 9.46. The molecule has 0 bridgehead atoms. The summed E-state index contributed by atoms with van der Waals surface area (Å²) in [7, 11) is 0. The van der Waals surface area contributed by atoms with Crippen LogP contribution in [0.3, 0.4) is 0 Å². The van der Waals surface area contributed by atoms with Gasteiger partial charge in [-0.1, -0.05) is 90.6 Å². The standard InChI is InChI=1S/C25H22N2O2S/c1-18-10-8-9-15-21(18)26-22(28)16-17-30-25-27-23(19-11-4-2-5-12-19)24(29-25)20-13-6-3-7-14-20/h2-15H,16-17H2,1H3,(H,26,28). The summed E-state index contributed by atoms with van der Waals surface area (Å²) in [5, 5.41) is 3.53. The number of carbonyl (C=O) groups excluding carboxylic acids is 1. The summed E-state index contributed by atoms with van der Waals surface area (Å²) in [6.07, 6.45) is 0.378. The molecule has 1 N–H and O–H groups in total. The van der Waals surface area contributed by atoms with E-state index in [0.29, 0.717) is 17.4 Å². The Morgan fingerprint density at radius 1 is 0.900 bits per heavy atom. The Kier molecular flexibility index (Phi) is 6.30. The fourth-order valence-electron chi connectivity index (χ4n) is 3.10. The fraction of sp³-hybridized carbons (Fsp3) is 0.120. The molecule has 4 rings (SSSR count). The zero-order valence-electron chi connectivity index (χ0n) is 16.7. The number of thioether (sulfide) groups is 1. The van der Waals surface area contributed by atoms with Crippen molar-refractivity contribution in [2.45, 2.75) is 18.6 Å². The lowest BCUT2D eigenvalue weighted by molar-refractivity contribution is -0.115. The van der Waals surface area contributed by atoms with Crippen molar-refractivity contribution in [1.82, 2.24) is 4.98 Å². The largest absolute Gasteiger partial charge is 0.431 e. The minimum atomic E-state index is -0.0186. The molecular formula is C25H22N2O2S. The minimum Gasteiger partial charge on any atom is -0.431 e. The van der Waals surface area contributed by atoms with E-state index < -0.39 is 0 Å². The predicted octanol–water partition coefficient (Wildman–Crippen LogP) is 6.44. The molecule has 0 saturated carbocycles. The zero-order valence-corrected chi connectivity index (χ0v) is 17.5. The summed E-state index contributed by atoms with van der Waals surface area (Å²) in [4.78, 5) is 17.0. The molecule has 4 aromatic rings. The molecule has 0 saturated heterocycles. The van der Waals surface area contributed by atoms with Crippen molar-refractivity contribution >= 4 is 23.4 Å². The van der Waals surface area contributed by atoms with Crippen LogP contribution >= 0.6 is 11.8 Å². The summed E-state index contributed by atoms with van der Waals surface area (Å²) in [6.45, 7) is 1.98. The van der Waals surface area contributed by atoms with Crippen molar-refractivity contribution in [2.24, 2.45) is 0 Å². The van der Waals surface area contributed by atoms with Crippen LogP contribution in [0.2, 0.25) is 0 Å². The SMILES string of the molecule is Cc1ccccc1NC(=O)CCSc1nc(-c2ccccc2)c(-c2ccccc2)o1. The highest BCUT2D eigenvalue weighted by Gasteiger charge is 2.17. The van der Waals surface area contributed by atoms with Gasteiger partial charge in [0.15, 0.2) is 5.76 Å². The van der Waals surface area contributed by atoms with E-state index in [2.05, 4.69) is 5.32 Å². The molecule has 150 valence electrons. The third-order valence-electron chi connectivity index (χ3n) is 4.66. The first-order chi connectivity index (χ1) is 14.7. The Morgan fingerprint density at radius 2 is 1.53 bits per heavy atom. The molecule has 0 aliphatic heterocycles. The molecule has 4 nitrogen and oxygen atoms in total. The minimum absolute atomic E-state index is 0.0186. The molecule has 30 heavy (non-hydrogen) atoms. The average molecular weight is 415 g/mol. The molecule has 0 unspecified atom stereocenters. The molecule has 1 heterocycles. The van der Waals surface area contributed by atoms with Gasteiger partial charge < -0.3 is 9.73 Å². The molecule has 0 atom stereocenters. The van der Waals surface area contributed by atoms with Crippen LogP contribution in [0.15, 0.2) is 94.6 Å². The van der Waals surface area contributed by atoms with Gasteiger partial charge in [0.05, 0.1) is 0 Å². The van der Waals surface area contributed by atoms with Crippen LogP contribution in [0.1, 0.15) is 12.0 Å². The Labute approximate surface area is 180 Å². The number of hydrogen-bond acceptors (Lipinski definition) is 4. The number of rotatable bonds is 7. The van der Waals surface area contributed by atoms with Crippen LogP contribution < -0.4 is 5.32 Å². The number of anilines is 1. The summed E-state index contributed by atoms with van der Waals surface area (Å²) < 4.78 is 6.09. The van der Waals surface area contributed by atoms with Crippen LogP contribution in [0.4, 0.5) is 5.69 Å². The number of amides is 1. The number of aromatic nitrogens is 1. The van der Waals surface area contributed by atoms with E-state index in [1.807, 2.05) is 91.9 Å². The van der Waals surface area contributed by atoms with Crippen LogP contribution in [-0.2, 0) is 4.79 Å². The van der Waals surface area contributed by atoms with E-state index in [9.17, 15) is 4.79 Å². The lowest BCUT2D eigenvalue weighted by atomic mass is 10.1. The maximum absolute atomic E-state index is 12.3. The molecular weight excluding hydrogens is 392 g/mol. The van der Waals surface area contributed by atoms with Gasteiger partial charge in [-0.3, -0.25) is 4.79 Å². The van der Waals surface area contributed by atoms with Gasteiger partial charge in [-0.2, -0.15) is 0 Å². The van der Waals surface area contributed by atoms with Gasteiger partial charge in [0.2, 0.25) is 5.91 Å². The summed E-state index contributed by atoms with van der Waals surface area (Å²) >= 11 is 1.45. The van der Waals surface area contributed by atoms with Crippen LogP contribution in [0.25, 0.3) is 22.6 Å². The smallest absolute Gasteiger partial charge is 0.256 e. The van der Waals surface area contributed by atoms with E-state index in [1.54, 1.807) is 0 Å². The second-order valence-electron chi connectivity index (χ2n) is 6.85. The molecule has 1 aromatic heterocycles. The Balaban J connectivity index is 1.46. The van der Waals surface area contributed by atoms with Crippen molar-refractivity contribution in [3.63, 3.8) is 0 Å². The monoisotopic (exact) mass is 414 g/mol. The normalized spacial score (nSPS) is 10.7. The molecule has 0 aliphatic rings. The van der Waals surface area contributed by atoms with Crippen LogP contribution in [0, 0.1) is 6.92 Å². The number of nitrogens with zero attached hydrogens (tertiary/aromatic N) is 1. The Morgan fingerprint density at radius 3 is 2.23 bits per heavy atom. The van der Waals surface area contributed by atoms with Crippen molar-refractivity contribution in [3.8, 4) is 22.6 Å². The van der Waals surface area contributed by atoms with E-state index in [-0.39, 0.29) is 5.91 Å². The Hall–Kier alpha value is -3.31. The maximum Gasteiger partial charge on any atom is 0.256 e. The van der Waals surface area contributed by atoms with Gasteiger partial charge in [-0.15, -0.1) is 0 Å². The summed E-state index contributed by atoms with van der Waals surface area (Å²) in [6, 6.07) is 27.7. The fourth-order valence-corrected chi connectivity index (χ4v) is 3.86. The van der Waals surface area contributed by atoms with Crippen LogP contribution in [-0.4, -0.2) is 16.6 Å². The van der Waals surface area contributed by atoms with Crippen molar-refractivity contribution in [1.29, 1.82) is 0 Å². The number of oxazole rings is 1. The van der Waals surface area contributed by atoms with E-state index in [4.69, 9.17) is 9.40 Å². The number of carbonyl (C=O) groups is 1. The Bertz CT molecular complexity index is 1070. The topological polar surface area (TPSA) is 55.1 Å². The van der Waals surface area contributed by atoms with E-state index in [0.717, 1.165) is 33.8 Å². The van der Waals surface area contributed by atoms with Gasteiger partial charge in [0.1, 0.15) is 5.69 Å². The third-order valence-corrected chi connectivity index (χ3v) is 5.49. The number of hydrogen-bond donors (Lipinski definition) is 1. The first-order valence-electron chi connectivity index (χ1n) is 9.80. The molecule has 0 spiro atoms. The molecule has 5 heteroatoms. The first-order valence-corrected chi connectivity index (χ1v) is 10.8. The van der Waals surface area contributed by atoms with E-state index >= 15 is 0 Å². The lowest BCUT2D eigenvalue weighted by Gasteiger charge is -2.07. The molecule has 0 radical (unpaired) electrons. The maximum atomic E-state index is 12.3. The summed E-state index contributed by atoms with van der Waals surface area (Å²) in [5.41, 5.74) is 4.69. The van der Waals surface area contributed by atoms with Gasteiger partial charge in [0, 0.05) is 29.0 Å². The number of para-hydroxylation sites is 1. The highest BCUT2D eigenvalue weighted by Crippen LogP contribution is 2.35. The molecule has 0 fully saturated rings. The summed E-state index contributed by atoms with van der Waals surface area (Å²) in [5.74, 6) is 1.31. The second-order valence-corrected chi connectivity index (χ2v) is 7.90. The third kappa shape index (κ3) is 4.81.